The number of morpholine rings is 1. The molecule has 2 N–H and O–H groups in total. The first kappa shape index (κ1) is 17.7. The predicted octanol–water partition coefficient (Wildman–Crippen LogP) is 1.07. The van der Waals surface area contributed by atoms with Crippen molar-refractivity contribution in [3.05, 3.63) is 23.8 Å². The Morgan fingerprint density at radius 2 is 2.08 bits per heavy atom. The highest BCUT2D eigenvalue weighted by molar-refractivity contribution is 6.03. The van der Waals surface area contributed by atoms with Gasteiger partial charge in [0.25, 0.3) is 5.91 Å². The van der Waals surface area contributed by atoms with E-state index < -0.39 is 6.10 Å². The highest BCUT2D eigenvalue weighted by Crippen LogP contribution is 2.36. The molecule has 2 amide bonds. The van der Waals surface area contributed by atoms with Gasteiger partial charge in [-0.3, -0.25) is 14.5 Å². The lowest BCUT2D eigenvalue weighted by Crippen LogP contribution is -2.51. The lowest BCUT2D eigenvalue weighted by molar-refractivity contribution is -0.136. The zero-order chi connectivity index (χ0) is 18.0. The molecule has 0 aromatic heterocycles. The van der Waals surface area contributed by atoms with Gasteiger partial charge >= 0.3 is 0 Å². The topological polar surface area (TPSA) is 85.1 Å². The summed E-state index contributed by atoms with van der Waals surface area (Å²) in [5, 5.41) is 0. The summed E-state index contributed by atoms with van der Waals surface area (Å²) in [5.74, 6) is 0.312. The van der Waals surface area contributed by atoms with Crippen molar-refractivity contribution in [3.63, 3.8) is 0 Å². The second kappa shape index (κ2) is 7.41. The van der Waals surface area contributed by atoms with Gasteiger partial charge in [0.05, 0.1) is 18.9 Å². The van der Waals surface area contributed by atoms with Crippen LogP contribution in [0.5, 0.6) is 5.75 Å². The summed E-state index contributed by atoms with van der Waals surface area (Å²) in [6, 6.07) is 5.49. The molecule has 0 radical (unpaired) electrons. The van der Waals surface area contributed by atoms with Crippen LogP contribution in [0.25, 0.3) is 0 Å². The minimum absolute atomic E-state index is 0.00432. The lowest BCUT2D eigenvalue weighted by atomic mass is 10.0. The van der Waals surface area contributed by atoms with Crippen LogP contribution >= 0.6 is 0 Å². The van der Waals surface area contributed by atoms with Crippen molar-refractivity contribution in [1.82, 2.24) is 4.90 Å². The molecule has 136 valence electrons. The van der Waals surface area contributed by atoms with Gasteiger partial charge in [0.2, 0.25) is 5.91 Å². The summed E-state index contributed by atoms with van der Waals surface area (Å²) in [4.78, 5) is 28.5. The summed E-state index contributed by atoms with van der Waals surface area (Å²) in [5.41, 5.74) is 7.66. The molecule has 25 heavy (non-hydrogen) atoms. The first-order valence-corrected chi connectivity index (χ1v) is 8.74. The fourth-order valence-corrected chi connectivity index (χ4v) is 3.10. The summed E-state index contributed by atoms with van der Waals surface area (Å²) in [7, 11) is 0. The van der Waals surface area contributed by atoms with Crippen molar-refractivity contribution in [1.29, 1.82) is 0 Å². The molecule has 2 heterocycles. The summed E-state index contributed by atoms with van der Waals surface area (Å²) in [6.07, 6.45) is 0.173. The smallest absolute Gasteiger partial charge is 0.268 e. The molecule has 7 heteroatoms. The number of nitrogens with zero attached hydrogens (tertiary/aromatic N) is 2. The van der Waals surface area contributed by atoms with Gasteiger partial charge in [-0.15, -0.1) is 0 Å². The molecule has 1 aromatic rings. The van der Waals surface area contributed by atoms with Crippen molar-refractivity contribution in [2.75, 3.05) is 37.7 Å². The molecule has 0 spiro atoms. The van der Waals surface area contributed by atoms with Crippen molar-refractivity contribution in [2.45, 2.75) is 32.4 Å². The highest BCUT2D eigenvalue weighted by atomic mass is 16.5. The van der Waals surface area contributed by atoms with Gasteiger partial charge in [-0.25, -0.2) is 0 Å². The van der Waals surface area contributed by atoms with Crippen molar-refractivity contribution in [3.8, 4) is 5.75 Å². The van der Waals surface area contributed by atoms with Crippen LogP contribution in [-0.2, 0) is 14.3 Å². The first-order valence-electron chi connectivity index (χ1n) is 8.74. The van der Waals surface area contributed by atoms with E-state index in [0.717, 1.165) is 12.0 Å². The fraction of sp³-hybridized carbons (Fsp3) is 0.556. The lowest BCUT2D eigenvalue weighted by Gasteiger charge is -2.35. The molecule has 1 aromatic carbocycles. The van der Waals surface area contributed by atoms with Gasteiger partial charge in [0.1, 0.15) is 12.3 Å². The van der Waals surface area contributed by atoms with Crippen LogP contribution in [0.2, 0.25) is 0 Å². The van der Waals surface area contributed by atoms with E-state index >= 15 is 0 Å². The van der Waals surface area contributed by atoms with Gasteiger partial charge in [-0.05, 0) is 31.0 Å². The van der Waals surface area contributed by atoms with Gasteiger partial charge in [0, 0.05) is 19.1 Å². The van der Waals surface area contributed by atoms with E-state index in [0.29, 0.717) is 37.7 Å². The van der Waals surface area contributed by atoms with E-state index in [2.05, 4.69) is 0 Å². The Morgan fingerprint density at radius 1 is 1.36 bits per heavy atom. The van der Waals surface area contributed by atoms with E-state index in [4.69, 9.17) is 15.2 Å². The molecule has 7 nitrogen and oxygen atoms in total. The molecule has 2 unspecified atom stereocenters. The van der Waals surface area contributed by atoms with Gasteiger partial charge in [0.15, 0.2) is 6.10 Å². The number of ether oxygens (including phenoxy) is 2. The normalized spacial score (nSPS) is 21.6. The molecular formula is C18H25N3O4. The number of benzene rings is 1. The Morgan fingerprint density at radius 3 is 2.76 bits per heavy atom. The number of carbonyl (C=O) groups is 2. The summed E-state index contributed by atoms with van der Waals surface area (Å²) >= 11 is 0. The molecule has 0 aliphatic carbocycles. The van der Waals surface area contributed by atoms with Crippen LogP contribution in [0.4, 0.5) is 5.69 Å². The monoisotopic (exact) mass is 347 g/mol. The average Bonchev–Trinajstić information content (AvgIpc) is 2.65. The second-order valence-corrected chi connectivity index (χ2v) is 6.42. The standard InChI is InChI=1S/C18H25N3O4/c1-3-14(19)13-4-5-16-15(10-13)21(18(23)12(2)25-16)11-17(22)20-6-8-24-9-7-20/h4-5,10,12,14H,3,6-9,11,19H2,1-2H3. The van der Waals surface area contributed by atoms with Crippen LogP contribution in [0.3, 0.4) is 0 Å². The predicted molar refractivity (Wildman–Crippen MR) is 93.5 cm³/mol. The number of carbonyl (C=O) groups excluding carboxylic acids is 2. The Kier molecular flexibility index (Phi) is 5.24. The zero-order valence-electron chi connectivity index (χ0n) is 14.7. The number of amides is 2. The molecule has 2 aliphatic rings. The quantitative estimate of drug-likeness (QED) is 0.881. The average molecular weight is 347 g/mol. The van der Waals surface area contributed by atoms with Crippen LogP contribution in [0.1, 0.15) is 31.9 Å². The maximum absolute atomic E-state index is 12.6. The van der Waals surface area contributed by atoms with Crippen LogP contribution in [0, 0.1) is 0 Å². The third-order valence-corrected chi connectivity index (χ3v) is 4.72. The second-order valence-electron chi connectivity index (χ2n) is 6.42. The molecule has 2 aliphatic heterocycles. The van der Waals surface area contributed by atoms with Gasteiger partial charge in [-0.1, -0.05) is 13.0 Å². The van der Waals surface area contributed by atoms with E-state index in [1.165, 1.54) is 4.90 Å². The molecule has 1 saturated heterocycles. The van der Waals surface area contributed by atoms with Gasteiger partial charge in [-0.2, -0.15) is 0 Å². The Labute approximate surface area is 147 Å². The van der Waals surface area contributed by atoms with E-state index in [1.807, 2.05) is 25.1 Å². The summed E-state index contributed by atoms with van der Waals surface area (Å²) < 4.78 is 11.0. The van der Waals surface area contributed by atoms with Crippen LogP contribution < -0.4 is 15.4 Å². The third kappa shape index (κ3) is 3.62. The van der Waals surface area contributed by atoms with Gasteiger partial charge < -0.3 is 20.1 Å². The number of nitrogens with two attached hydrogens (primary N) is 1. The summed E-state index contributed by atoms with van der Waals surface area (Å²) in [6.45, 7) is 5.89. The molecular weight excluding hydrogens is 322 g/mol. The first-order chi connectivity index (χ1) is 12.0. The Bertz CT molecular complexity index is 658. The van der Waals surface area contributed by atoms with E-state index in [1.54, 1.807) is 11.8 Å². The molecule has 1 fully saturated rings. The van der Waals surface area contributed by atoms with E-state index in [-0.39, 0.29) is 24.4 Å². The zero-order valence-corrected chi connectivity index (χ0v) is 14.7. The number of hydrogen-bond donors (Lipinski definition) is 1. The van der Waals surface area contributed by atoms with Crippen molar-refractivity contribution in [2.24, 2.45) is 5.73 Å². The number of anilines is 1. The number of fused-ring (bicyclic) bond motifs is 1. The molecule has 0 saturated carbocycles. The maximum Gasteiger partial charge on any atom is 0.268 e. The number of rotatable bonds is 4. The SMILES string of the molecule is CCC(N)c1ccc2c(c1)N(CC(=O)N1CCOCC1)C(=O)C(C)O2. The van der Waals surface area contributed by atoms with E-state index in [9.17, 15) is 9.59 Å². The Balaban J connectivity index is 1.87. The molecule has 2 atom stereocenters. The highest BCUT2D eigenvalue weighted by Gasteiger charge is 2.34. The molecule has 3 rings (SSSR count). The minimum atomic E-state index is -0.615. The largest absolute Gasteiger partial charge is 0.479 e. The fourth-order valence-electron chi connectivity index (χ4n) is 3.10. The molecule has 0 bridgehead atoms. The minimum Gasteiger partial charge on any atom is -0.479 e. The van der Waals surface area contributed by atoms with Crippen LogP contribution in [0.15, 0.2) is 18.2 Å². The van der Waals surface area contributed by atoms with Crippen molar-refractivity contribution < 1.29 is 19.1 Å². The van der Waals surface area contributed by atoms with Crippen LogP contribution in [-0.4, -0.2) is 55.7 Å². The number of hydrogen-bond acceptors (Lipinski definition) is 5. The van der Waals surface area contributed by atoms with Crippen molar-refractivity contribution >= 4 is 17.5 Å². The maximum atomic E-state index is 12.6. The third-order valence-electron chi connectivity index (χ3n) is 4.72. The Hall–Kier alpha value is -2.12.